The fourth-order valence-corrected chi connectivity index (χ4v) is 4.51. The van der Waals surface area contributed by atoms with Crippen molar-refractivity contribution in [3.05, 3.63) is 11.6 Å². The molecule has 1 saturated heterocycles. The zero-order valence-electron chi connectivity index (χ0n) is 13.6. The lowest BCUT2D eigenvalue weighted by molar-refractivity contribution is -0.185. The minimum atomic E-state index is -0.333. The van der Waals surface area contributed by atoms with Crippen molar-refractivity contribution in [2.45, 2.75) is 58.6 Å². The summed E-state index contributed by atoms with van der Waals surface area (Å²) in [7, 11) is 1.07. The van der Waals surface area contributed by atoms with Gasteiger partial charge in [-0.25, -0.2) is 4.79 Å². The number of carbonyl (C=O) groups excluding carboxylic acids is 1. The Bertz CT molecular complexity index is 487. The van der Waals surface area contributed by atoms with Gasteiger partial charge >= 0.3 is 13.1 Å². The summed E-state index contributed by atoms with van der Waals surface area (Å²) in [6.45, 7) is 8.69. The normalized spacial score (nSPS) is 40.5. The average Bonchev–Trinajstić information content (AvgIpc) is 2.79. The molecule has 4 rings (SSSR count). The highest BCUT2D eigenvalue weighted by Gasteiger charge is 2.66. The van der Waals surface area contributed by atoms with Crippen LogP contribution < -0.4 is 0 Å². The van der Waals surface area contributed by atoms with Gasteiger partial charge in [-0.3, -0.25) is 0 Å². The van der Waals surface area contributed by atoms with E-state index in [-0.39, 0.29) is 24.8 Å². The van der Waals surface area contributed by atoms with Crippen molar-refractivity contribution in [1.29, 1.82) is 0 Å². The van der Waals surface area contributed by atoms with Crippen molar-refractivity contribution in [3.8, 4) is 0 Å². The Morgan fingerprint density at radius 2 is 2.14 bits per heavy atom. The zero-order valence-corrected chi connectivity index (χ0v) is 13.6. The van der Waals surface area contributed by atoms with Crippen LogP contribution in [0.25, 0.3) is 0 Å². The maximum Gasteiger partial charge on any atom is 0.462 e. The van der Waals surface area contributed by atoms with Gasteiger partial charge in [0, 0.05) is 11.9 Å². The van der Waals surface area contributed by atoms with Crippen LogP contribution in [0.4, 0.5) is 0 Å². The molecule has 0 N–H and O–H groups in total. The molecule has 4 aliphatic rings. The predicted octanol–water partition coefficient (Wildman–Crippen LogP) is 2.83. The van der Waals surface area contributed by atoms with Crippen LogP contribution in [0.5, 0.6) is 0 Å². The molecule has 4 atom stereocenters. The van der Waals surface area contributed by atoms with E-state index in [1.54, 1.807) is 6.08 Å². The fraction of sp³-hybridized carbons (Fsp3) is 0.812. The number of carbonyl (C=O) groups is 1. The van der Waals surface area contributed by atoms with E-state index in [1.807, 2.05) is 6.92 Å². The minimum absolute atomic E-state index is 0.151. The van der Waals surface area contributed by atoms with Crippen LogP contribution in [0.2, 0.25) is 6.32 Å². The Morgan fingerprint density at radius 3 is 2.71 bits per heavy atom. The van der Waals surface area contributed by atoms with Crippen LogP contribution in [-0.4, -0.2) is 31.9 Å². The van der Waals surface area contributed by atoms with Crippen LogP contribution >= 0.6 is 0 Å². The molecule has 0 amide bonds. The number of hydrogen-bond donors (Lipinski definition) is 0. The number of esters is 1. The maximum atomic E-state index is 11.7. The second-order valence-corrected chi connectivity index (χ2v) is 7.49. The molecule has 1 heterocycles. The van der Waals surface area contributed by atoms with E-state index in [9.17, 15) is 4.79 Å². The quantitative estimate of drug-likeness (QED) is 0.456. The summed E-state index contributed by atoms with van der Waals surface area (Å²) in [5.74, 6) is 1.00. The molecule has 21 heavy (non-hydrogen) atoms. The van der Waals surface area contributed by atoms with Gasteiger partial charge in [-0.1, -0.05) is 19.9 Å². The molecule has 0 radical (unpaired) electrons. The van der Waals surface area contributed by atoms with Crippen LogP contribution in [0.1, 0.15) is 40.5 Å². The third-order valence-electron chi connectivity index (χ3n) is 6.05. The number of ether oxygens (including phenoxy) is 1. The molecule has 4 fully saturated rings. The number of methoxy groups -OCH3 is 1. The fourth-order valence-electron chi connectivity index (χ4n) is 4.51. The van der Waals surface area contributed by atoms with Gasteiger partial charge in [0.25, 0.3) is 0 Å². The molecule has 3 saturated carbocycles. The highest BCUT2D eigenvalue weighted by Crippen LogP contribution is 2.64. The highest BCUT2D eigenvalue weighted by molar-refractivity contribution is 6.47. The molecule has 4 nitrogen and oxygen atoms in total. The van der Waals surface area contributed by atoms with Gasteiger partial charge in [0.05, 0.1) is 18.8 Å². The molecule has 0 aromatic carbocycles. The monoisotopic (exact) mass is 292 g/mol. The van der Waals surface area contributed by atoms with Gasteiger partial charge < -0.3 is 14.0 Å². The number of hydrogen-bond acceptors (Lipinski definition) is 4. The summed E-state index contributed by atoms with van der Waals surface area (Å²) in [6.07, 6.45) is 4.70. The summed E-state index contributed by atoms with van der Waals surface area (Å²) < 4.78 is 17.2. The second kappa shape index (κ2) is 4.85. The SMILES string of the molecule is C/C=C(\CB1O[C@H]2C3CC(C[C@@]2(C)O1)C3(C)C)C(=O)OC. The van der Waals surface area contributed by atoms with E-state index < -0.39 is 0 Å². The Balaban J connectivity index is 1.72. The van der Waals surface area contributed by atoms with Crippen LogP contribution in [0.3, 0.4) is 0 Å². The van der Waals surface area contributed by atoms with Gasteiger partial charge in [0.2, 0.25) is 0 Å². The summed E-state index contributed by atoms with van der Waals surface area (Å²) in [5.41, 5.74) is 0.785. The van der Waals surface area contributed by atoms with Crippen molar-refractivity contribution in [2.24, 2.45) is 17.3 Å². The van der Waals surface area contributed by atoms with Crippen molar-refractivity contribution in [1.82, 2.24) is 0 Å². The molecule has 2 unspecified atom stereocenters. The van der Waals surface area contributed by atoms with Crippen molar-refractivity contribution in [2.75, 3.05) is 7.11 Å². The van der Waals surface area contributed by atoms with Crippen molar-refractivity contribution in [3.63, 3.8) is 0 Å². The molecule has 0 aromatic heterocycles. The maximum absolute atomic E-state index is 11.7. The summed E-state index contributed by atoms with van der Waals surface area (Å²) in [6, 6.07) is 0. The van der Waals surface area contributed by atoms with Crippen molar-refractivity contribution < 1.29 is 18.8 Å². The topological polar surface area (TPSA) is 44.8 Å². The van der Waals surface area contributed by atoms with Gasteiger partial charge in [0.15, 0.2) is 0 Å². The Labute approximate surface area is 127 Å². The third-order valence-corrected chi connectivity index (χ3v) is 6.05. The van der Waals surface area contributed by atoms with Crippen LogP contribution in [-0.2, 0) is 18.8 Å². The molecular weight excluding hydrogens is 267 g/mol. The number of rotatable bonds is 3. The molecule has 1 aliphatic heterocycles. The van der Waals surface area contributed by atoms with E-state index in [0.29, 0.717) is 23.2 Å². The minimum Gasteiger partial charge on any atom is -0.466 e. The Hall–Kier alpha value is -0.805. The average molecular weight is 292 g/mol. The first kappa shape index (κ1) is 15.1. The zero-order chi connectivity index (χ0) is 15.4. The van der Waals surface area contributed by atoms with Gasteiger partial charge in [-0.2, -0.15) is 0 Å². The van der Waals surface area contributed by atoms with Gasteiger partial charge in [-0.15, -0.1) is 0 Å². The smallest absolute Gasteiger partial charge is 0.462 e. The molecule has 2 bridgehead atoms. The third kappa shape index (κ3) is 2.17. The van der Waals surface area contributed by atoms with Gasteiger partial charge in [-0.05, 0) is 43.9 Å². The lowest BCUT2D eigenvalue weighted by atomic mass is 9.45. The van der Waals surface area contributed by atoms with E-state index in [1.165, 1.54) is 13.5 Å². The van der Waals surface area contributed by atoms with Crippen LogP contribution in [0, 0.1) is 17.3 Å². The molecular formula is C16H25BO4. The predicted molar refractivity (Wildman–Crippen MR) is 80.7 cm³/mol. The molecule has 116 valence electrons. The first-order valence-corrected chi connectivity index (χ1v) is 7.88. The summed E-state index contributed by atoms with van der Waals surface area (Å²) in [4.78, 5) is 11.7. The lowest BCUT2D eigenvalue weighted by Crippen LogP contribution is -2.63. The first-order chi connectivity index (χ1) is 9.81. The first-order valence-electron chi connectivity index (χ1n) is 7.88. The molecule has 0 aromatic rings. The summed E-state index contributed by atoms with van der Waals surface area (Å²) in [5, 5.41) is 0. The summed E-state index contributed by atoms with van der Waals surface area (Å²) >= 11 is 0. The molecule has 5 heteroatoms. The van der Waals surface area contributed by atoms with E-state index in [0.717, 1.165) is 12.3 Å². The van der Waals surface area contributed by atoms with E-state index >= 15 is 0 Å². The van der Waals surface area contributed by atoms with Crippen molar-refractivity contribution >= 4 is 13.1 Å². The largest absolute Gasteiger partial charge is 0.466 e. The molecule has 0 spiro atoms. The second-order valence-electron chi connectivity index (χ2n) is 7.49. The van der Waals surface area contributed by atoms with E-state index in [4.69, 9.17) is 14.0 Å². The Kier molecular flexibility index (Phi) is 3.49. The molecule has 3 aliphatic carbocycles. The lowest BCUT2D eigenvalue weighted by Gasteiger charge is -2.63. The standard InChI is InChI=1S/C16H25BO4/c1-6-10(14(18)19-5)9-17-20-13-12-7-11(15(12,2)3)8-16(13,4)21-17/h6,11-13H,7-9H2,1-5H3/b10-6+/t11?,12?,13-,16+/m0/s1. The Morgan fingerprint density at radius 1 is 1.43 bits per heavy atom. The number of allylic oxidation sites excluding steroid dienone is 1. The highest BCUT2D eigenvalue weighted by atomic mass is 16.7. The van der Waals surface area contributed by atoms with Gasteiger partial charge in [0.1, 0.15) is 0 Å². The van der Waals surface area contributed by atoms with E-state index in [2.05, 4.69) is 20.8 Å². The van der Waals surface area contributed by atoms with Crippen LogP contribution in [0.15, 0.2) is 11.6 Å².